The fraction of sp³-hybridized carbons (Fsp3) is 0.125. The molecule has 6 nitrogen and oxygen atoms in total. The summed E-state index contributed by atoms with van der Waals surface area (Å²) in [4.78, 5) is 12.0. The third-order valence-electron chi connectivity index (χ3n) is 1.63. The quantitative estimate of drug-likeness (QED) is 0.725. The summed E-state index contributed by atoms with van der Waals surface area (Å²) in [6, 6.07) is 3.88. The summed E-state index contributed by atoms with van der Waals surface area (Å²) in [5.74, 6) is 1.07. The Morgan fingerprint density at radius 3 is 2.73 bits per heavy atom. The molecule has 2 aromatic heterocycles. The van der Waals surface area contributed by atoms with Crippen LogP contribution in [0.5, 0.6) is 0 Å². The van der Waals surface area contributed by atoms with Crippen LogP contribution in [0.3, 0.4) is 0 Å². The fourth-order valence-electron chi connectivity index (χ4n) is 1.02. The first-order chi connectivity index (χ1) is 7.28. The Morgan fingerprint density at radius 1 is 1.27 bits per heavy atom. The topological polar surface area (TPSA) is 88.8 Å². The van der Waals surface area contributed by atoms with Crippen LogP contribution in [0.2, 0.25) is 0 Å². The Balaban J connectivity index is 2.24. The monoisotopic (exact) mass is 222 g/mol. The number of rotatable bonds is 3. The molecule has 4 N–H and O–H groups in total. The summed E-state index contributed by atoms with van der Waals surface area (Å²) in [7, 11) is 1.73. The first-order valence-corrected chi connectivity index (χ1v) is 5.16. The number of nitrogen functional groups attached to an aromatic ring is 1. The number of aromatic nitrogens is 3. The largest absolute Gasteiger partial charge is 0.368 e. The van der Waals surface area contributed by atoms with Crippen molar-refractivity contribution in [1.29, 1.82) is 0 Å². The van der Waals surface area contributed by atoms with Gasteiger partial charge in [0, 0.05) is 7.05 Å². The molecule has 0 saturated carbocycles. The molecule has 2 rings (SSSR count). The van der Waals surface area contributed by atoms with Gasteiger partial charge in [0.05, 0.1) is 5.00 Å². The molecular weight excluding hydrogens is 212 g/mol. The lowest BCUT2D eigenvalue weighted by Crippen LogP contribution is -2.06. The number of anilines is 4. The SMILES string of the molecule is CNc1nc(N)nc(Nc2cccs2)n1. The molecule has 0 aromatic carbocycles. The van der Waals surface area contributed by atoms with Gasteiger partial charge in [0.25, 0.3) is 0 Å². The van der Waals surface area contributed by atoms with Gasteiger partial charge in [-0.1, -0.05) is 0 Å². The predicted octanol–water partition coefficient (Wildman–Crippen LogP) is 1.30. The summed E-state index contributed by atoms with van der Waals surface area (Å²) >= 11 is 1.56. The molecule has 7 heteroatoms. The van der Waals surface area contributed by atoms with Crippen LogP contribution in [0.4, 0.5) is 22.8 Å². The molecule has 0 unspecified atom stereocenters. The van der Waals surface area contributed by atoms with Crippen LogP contribution in [0.15, 0.2) is 17.5 Å². The Kier molecular flexibility index (Phi) is 2.64. The van der Waals surface area contributed by atoms with Crippen molar-refractivity contribution in [2.45, 2.75) is 0 Å². The molecule has 0 radical (unpaired) electrons. The first-order valence-electron chi connectivity index (χ1n) is 4.28. The Morgan fingerprint density at radius 2 is 2.07 bits per heavy atom. The zero-order valence-corrected chi connectivity index (χ0v) is 8.88. The summed E-state index contributed by atoms with van der Waals surface area (Å²) in [5.41, 5.74) is 5.53. The highest BCUT2D eigenvalue weighted by Crippen LogP contribution is 2.19. The molecule has 0 aliphatic heterocycles. The van der Waals surface area contributed by atoms with Gasteiger partial charge in [-0.05, 0) is 17.5 Å². The first kappa shape index (κ1) is 9.66. The number of nitrogens with zero attached hydrogens (tertiary/aromatic N) is 3. The van der Waals surface area contributed by atoms with E-state index < -0.39 is 0 Å². The van der Waals surface area contributed by atoms with E-state index in [4.69, 9.17) is 5.73 Å². The van der Waals surface area contributed by atoms with E-state index in [1.54, 1.807) is 18.4 Å². The highest BCUT2D eigenvalue weighted by atomic mass is 32.1. The second-order valence-electron chi connectivity index (χ2n) is 2.69. The molecule has 0 aliphatic rings. The van der Waals surface area contributed by atoms with Crippen molar-refractivity contribution in [2.75, 3.05) is 23.4 Å². The molecular formula is C8H10N6S. The van der Waals surface area contributed by atoms with Gasteiger partial charge < -0.3 is 16.4 Å². The maximum absolute atomic E-state index is 5.53. The molecule has 0 fully saturated rings. The van der Waals surface area contributed by atoms with Gasteiger partial charge in [-0.3, -0.25) is 0 Å². The minimum absolute atomic E-state index is 0.188. The summed E-state index contributed by atoms with van der Waals surface area (Å²) in [6.07, 6.45) is 0. The Hall–Kier alpha value is -1.89. The molecule has 15 heavy (non-hydrogen) atoms. The molecule has 0 saturated heterocycles. The zero-order valence-electron chi connectivity index (χ0n) is 8.06. The van der Waals surface area contributed by atoms with E-state index in [1.807, 2.05) is 17.5 Å². The van der Waals surface area contributed by atoms with Crippen LogP contribution in [0.25, 0.3) is 0 Å². The number of hydrogen-bond donors (Lipinski definition) is 3. The van der Waals surface area contributed by atoms with Gasteiger partial charge >= 0.3 is 0 Å². The maximum Gasteiger partial charge on any atom is 0.234 e. The van der Waals surface area contributed by atoms with Gasteiger partial charge in [0.15, 0.2) is 0 Å². The van der Waals surface area contributed by atoms with E-state index in [2.05, 4.69) is 25.6 Å². The second-order valence-corrected chi connectivity index (χ2v) is 3.64. The third-order valence-corrected chi connectivity index (χ3v) is 2.42. The fourth-order valence-corrected chi connectivity index (χ4v) is 1.63. The number of nitrogens with two attached hydrogens (primary N) is 1. The highest BCUT2D eigenvalue weighted by Gasteiger charge is 2.03. The number of hydrogen-bond acceptors (Lipinski definition) is 7. The maximum atomic E-state index is 5.53. The minimum atomic E-state index is 0.188. The molecule has 0 spiro atoms. The van der Waals surface area contributed by atoms with Crippen LogP contribution in [-0.4, -0.2) is 22.0 Å². The van der Waals surface area contributed by atoms with Gasteiger partial charge in [-0.2, -0.15) is 15.0 Å². The van der Waals surface area contributed by atoms with Crippen molar-refractivity contribution >= 4 is 34.2 Å². The van der Waals surface area contributed by atoms with Gasteiger partial charge in [-0.15, -0.1) is 11.3 Å². The highest BCUT2D eigenvalue weighted by molar-refractivity contribution is 7.14. The van der Waals surface area contributed by atoms with E-state index in [0.717, 1.165) is 5.00 Å². The third kappa shape index (κ3) is 2.32. The molecule has 0 aliphatic carbocycles. The van der Waals surface area contributed by atoms with E-state index >= 15 is 0 Å². The van der Waals surface area contributed by atoms with Crippen molar-refractivity contribution in [3.05, 3.63) is 17.5 Å². The lowest BCUT2D eigenvalue weighted by Gasteiger charge is -2.04. The molecule has 0 bridgehead atoms. The zero-order chi connectivity index (χ0) is 10.7. The van der Waals surface area contributed by atoms with E-state index in [1.165, 1.54) is 0 Å². The van der Waals surface area contributed by atoms with Gasteiger partial charge in [0.2, 0.25) is 17.8 Å². The van der Waals surface area contributed by atoms with Gasteiger partial charge in [0.1, 0.15) is 0 Å². The molecule has 2 heterocycles. The average Bonchev–Trinajstić information content (AvgIpc) is 2.69. The predicted molar refractivity (Wildman–Crippen MR) is 61.4 cm³/mol. The summed E-state index contributed by atoms with van der Waals surface area (Å²) in [5, 5.41) is 8.77. The van der Waals surface area contributed by atoms with Crippen LogP contribution in [0, 0.1) is 0 Å². The van der Waals surface area contributed by atoms with Crippen molar-refractivity contribution in [1.82, 2.24) is 15.0 Å². The minimum Gasteiger partial charge on any atom is -0.368 e. The lowest BCUT2D eigenvalue weighted by molar-refractivity contribution is 1.07. The van der Waals surface area contributed by atoms with E-state index in [-0.39, 0.29) is 5.95 Å². The lowest BCUT2D eigenvalue weighted by atomic mass is 10.6. The number of nitrogens with one attached hydrogen (secondary N) is 2. The van der Waals surface area contributed by atoms with Crippen LogP contribution in [0.1, 0.15) is 0 Å². The standard InChI is InChI=1S/C8H10N6S/c1-10-7-12-6(9)13-8(14-7)11-5-3-2-4-15-5/h2-4H,1H3,(H4,9,10,11,12,13,14). The Bertz CT molecular complexity index is 440. The van der Waals surface area contributed by atoms with Gasteiger partial charge in [-0.25, -0.2) is 0 Å². The van der Waals surface area contributed by atoms with Crippen LogP contribution < -0.4 is 16.4 Å². The molecule has 0 amide bonds. The van der Waals surface area contributed by atoms with E-state index in [9.17, 15) is 0 Å². The van der Waals surface area contributed by atoms with Crippen molar-refractivity contribution < 1.29 is 0 Å². The second kappa shape index (κ2) is 4.09. The smallest absolute Gasteiger partial charge is 0.234 e. The number of thiophene rings is 1. The van der Waals surface area contributed by atoms with Crippen molar-refractivity contribution in [3.8, 4) is 0 Å². The summed E-state index contributed by atoms with van der Waals surface area (Å²) < 4.78 is 0. The average molecular weight is 222 g/mol. The normalized spacial score (nSPS) is 9.93. The molecule has 2 aromatic rings. The molecule has 0 atom stereocenters. The summed E-state index contributed by atoms with van der Waals surface area (Å²) in [6.45, 7) is 0. The van der Waals surface area contributed by atoms with Crippen LogP contribution >= 0.6 is 11.3 Å². The Labute approximate surface area is 90.6 Å². The van der Waals surface area contributed by atoms with Crippen LogP contribution in [-0.2, 0) is 0 Å². The van der Waals surface area contributed by atoms with Crippen molar-refractivity contribution in [3.63, 3.8) is 0 Å². The van der Waals surface area contributed by atoms with E-state index in [0.29, 0.717) is 11.9 Å². The molecule has 78 valence electrons. The van der Waals surface area contributed by atoms with Crippen molar-refractivity contribution in [2.24, 2.45) is 0 Å².